The summed E-state index contributed by atoms with van der Waals surface area (Å²) in [6, 6.07) is 0. The third kappa shape index (κ3) is 3.62. The summed E-state index contributed by atoms with van der Waals surface area (Å²) in [4.78, 5) is 19.8. The fourth-order valence-electron chi connectivity index (χ4n) is 3.05. The van der Waals surface area contributed by atoms with Crippen molar-refractivity contribution in [3.63, 3.8) is 0 Å². The van der Waals surface area contributed by atoms with Gasteiger partial charge in [0.2, 0.25) is 9.49 Å². The smallest absolute Gasteiger partial charge is 0.254 e. The molecule has 1 saturated heterocycles. The Morgan fingerprint density at radius 3 is 2.11 bits per heavy atom. The van der Waals surface area contributed by atoms with Gasteiger partial charge in [0.05, 0.1) is 5.25 Å². The van der Waals surface area contributed by atoms with Crippen LogP contribution in [0.3, 0.4) is 0 Å². The Hall–Kier alpha value is -1.51. The van der Waals surface area contributed by atoms with E-state index >= 15 is 0 Å². The molecule has 0 spiro atoms. The van der Waals surface area contributed by atoms with Crippen LogP contribution in [-0.2, 0) is 29.5 Å². The predicted molar refractivity (Wildman–Crippen MR) is 98.6 cm³/mol. The molecule has 1 atom stereocenters. The number of anilines is 1. The lowest BCUT2D eigenvalue weighted by Crippen LogP contribution is -2.56. The minimum Gasteiger partial charge on any atom is -0.365 e. The van der Waals surface area contributed by atoms with E-state index in [-0.39, 0.29) is 0 Å². The molecule has 1 amide bonds. The second-order valence-electron chi connectivity index (χ2n) is 6.26. The van der Waals surface area contributed by atoms with Gasteiger partial charge in [-0.25, -0.2) is 30.2 Å². The quantitative estimate of drug-likeness (QED) is 0.514. The number of amides is 1. The van der Waals surface area contributed by atoms with Gasteiger partial charge in [-0.15, -0.1) is 0 Å². The molecule has 2 heterocycles. The molecule has 1 aromatic heterocycles. The zero-order valence-corrected chi connectivity index (χ0v) is 17.7. The number of hydrogen-bond donors (Lipinski definition) is 1. The Bertz CT molecular complexity index is 1080. The van der Waals surface area contributed by atoms with Crippen molar-refractivity contribution in [2.45, 2.75) is 15.9 Å². The molecule has 0 aliphatic carbocycles. The van der Waals surface area contributed by atoms with Gasteiger partial charge in [-0.1, -0.05) is 0 Å². The minimum absolute atomic E-state index is 0.398. The molecule has 1 aliphatic rings. The van der Waals surface area contributed by atoms with Crippen LogP contribution in [0.1, 0.15) is 16.8 Å². The minimum atomic E-state index is -4.45. The van der Waals surface area contributed by atoms with Gasteiger partial charge in [-0.05, 0) is 11.6 Å². The molecule has 1 aromatic rings. The molecule has 11 nitrogen and oxygen atoms in total. The summed E-state index contributed by atoms with van der Waals surface area (Å²) >= 11 is 5.73. The maximum absolute atomic E-state index is 12.6. The average molecular weight is 461 g/mol. The van der Waals surface area contributed by atoms with Crippen molar-refractivity contribution in [1.29, 1.82) is 0 Å². The maximum Gasteiger partial charge on any atom is 0.254 e. The number of carbonyl (C=O) groups is 1. The van der Waals surface area contributed by atoms with Crippen molar-refractivity contribution < 1.29 is 30.0 Å². The van der Waals surface area contributed by atoms with Crippen LogP contribution in [0.25, 0.3) is 0 Å². The number of sulfone groups is 3. The number of nitrogens with zero attached hydrogens (tertiary/aromatic N) is 3. The lowest BCUT2D eigenvalue weighted by Gasteiger charge is -2.36. The van der Waals surface area contributed by atoms with E-state index in [1.54, 1.807) is 0 Å². The summed E-state index contributed by atoms with van der Waals surface area (Å²) in [6.07, 6.45) is 2.34. The van der Waals surface area contributed by atoms with E-state index in [0.717, 1.165) is 17.4 Å². The SMILES string of the molecule is CS(=O)(=O)C1CN(c2nc(Cl)ncc2C(N)=O)C(S(C)(=O)=O)(S(C)(=O)=O)C1. The number of hydrogen-bond acceptors (Lipinski definition) is 10. The molecule has 0 radical (unpaired) electrons. The first-order valence-corrected chi connectivity index (χ1v) is 13.3. The fourth-order valence-corrected chi connectivity index (χ4v) is 8.68. The molecule has 1 unspecified atom stereocenters. The van der Waals surface area contributed by atoms with Crippen molar-refractivity contribution in [1.82, 2.24) is 9.97 Å². The van der Waals surface area contributed by atoms with E-state index in [1.165, 1.54) is 0 Å². The van der Waals surface area contributed by atoms with Gasteiger partial charge < -0.3 is 10.6 Å². The van der Waals surface area contributed by atoms with E-state index in [1.807, 2.05) is 0 Å². The highest BCUT2D eigenvalue weighted by Gasteiger charge is 2.63. The summed E-state index contributed by atoms with van der Waals surface area (Å²) in [6.45, 7) is -0.549. The van der Waals surface area contributed by atoms with Crippen LogP contribution in [0.2, 0.25) is 5.28 Å². The molecular formula is C12H17ClN4O7S3. The van der Waals surface area contributed by atoms with Crippen LogP contribution in [0.15, 0.2) is 6.20 Å². The third-order valence-corrected chi connectivity index (χ3v) is 10.9. The van der Waals surface area contributed by atoms with E-state index in [2.05, 4.69) is 9.97 Å². The number of nitrogens with two attached hydrogens (primary N) is 1. The molecule has 1 aliphatic heterocycles. The second-order valence-corrected chi connectivity index (χ2v) is 13.6. The van der Waals surface area contributed by atoms with Crippen LogP contribution in [-0.4, -0.2) is 75.9 Å². The van der Waals surface area contributed by atoms with Crippen molar-refractivity contribution >= 4 is 52.8 Å². The van der Waals surface area contributed by atoms with Crippen LogP contribution < -0.4 is 10.6 Å². The lowest BCUT2D eigenvalue weighted by atomic mass is 10.3. The van der Waals surface area contributed by atoms with Gasteiger partial charge in [0.25, 0.3) is 5.91 Å². The van der Waals surface area contributed by atoms with Crippen LogP contribution in [0, 0.1) is 0 Å². The molecule has 1 fully saturated rings. The van der Waals surface area contributed by atoms with Gasteiger partial charge in [-0.2, -0.15) is 4.98 Å². The fraction of sp³-hybridized carbons (Fsp3) is 0.583. The zero-order chi connectivity index (χ0) is 21.0. The zero-order valence-electron chi connectivity index (χ0n) is 14.4. The van der Waals surface area contributed by atoms with E-state index in [9.17, 15) is 30.0 Å². The first kappa shape index (κ1) is 21.8. The van der Waals surface area contributed by atoms with Crippen molar-refractivity contribution in [2.24, 2.45) is 5.73 Å². The number of rotatable bonds is 5. The Balaban J connectivity index is 2.95. The van der Waals surface area contributed by atoms with E-state index in [0.29, 0.717) is 12.5 Å². The van der Waals surface area contributed by atoms with Crippen molar-refractivity contribution in [3.8, 4) is 0 Å². The van der Waals surface area contributed by atoms with Crippen LogP contribution in [0.5, 0.6) is 0 Å². The predicted octanol–water partition coefficient (Wildman–Crippen LogP) is -1.40. The summed E-state index contributed by atoms with van der Waals surface area (Å²) in [7, 11) is -12.7. The monoisotopic (exact) mass is 460 g/mol. The maximum atomic E-state index is 12.6. The van der Waals surface area contributed by atoms with Gasteiger partial charge in [0, 0.05) is 37.9 Å². The third-order valence-electron chi connectivity index (χ3n) is 4.31. The molecule has 2 N–H and O–H groups in total. The number of primary amides is 1. The molecule has 15 heteroatoms. The number of carbonyl (C=O) groups excluding carboxylic acids is 1. The van der Waals surface area contributed by atoms with Gasteiger partial charge in [0.1, 0.15) is 11.4 Å². The summed E-state index contributed by atoms with van der Waals surface area (Å²) in [5.74, 6) is -1.54. The molecular weight excluding hydrogens is 444 g/mol. The Morgan fingerprint density at radius 1 is 1.19 bits per heavy atom. The highest BCUT2D eigenvalue weighted by atomic mass is 35.5. The molecule has 2 rings (SSSR count). The second kappa shape index (κ2) is 6.53. The molecule has 27 heavy (non-hydrogen) atoms. The average Bonchev–Trinajstić information content (AvgIpc) is 2.87. The van der Waals surface area contributed by atoms with E-state index in [4.69, 9.17) is 17.3 Å². The normalized spacial score (nSPS) is 20.6. The lowest BCUT2D eigenvalue weighted by molar-refractivity contribution is 0.1000. The first-order chi connectivity index (χ1) is 12.0. The van der Waals surface area contributed by atoms with Gasteiger partial charge in [0.15, 0.2) is 29.5 Å². The Kier molecular flexibility index (Phi) is 5.27. The summed E-state index contributed by atoms with van der Waals surface area (Å²) in [5.41, 5.74) is 4.86. The molecule has 152 valence electrons. The van der Waals surface area contributed by atoms with Crippen LogP contribution >= 0.6 is 11.6 Å². The largest absolute Gasteiger partial charge is 0.365 e. The Morgan fingerprint density at radius 2 is 1.70 bits per heavy atom. The summed E-state index contributed by atoms with van der Waals surface area (Å²) < 4.78 is 71.9. The van der Waals surface area contributed by atoms with E-state index < -0.39 is 74.5 Å². The van der Waals surface area contributed by atoms with Gasteiger partial charge >= 0.3 is 0 Å². The van der Waals surface area contributed by atoms with Crippen LogP contribution in [0.4, 0.5) is 5.82 Å². The molecule has 0 bridgehead atoms. The number of halogens is 1. The topological polar surface area (TPSA) is 175 Å². The first-order valence-electron chi connectivity index (χ1n) is 7.20. The number of aromatic nitrogens is 2. The summed E-state index contributed by atoms with van der Waals surface area (Å²) in [5, 5.41) is -1.76. The highest BCUT2D eigenvalue weighted by molar-refractivity contribution is 8.10. The van der Waals surface area contributed by atoms with Crippen molar-refractivity contribution in [2.75, 3.05) is 30.2 Å². The van der Waals surface area contributed by atoms with Crippen molar-refractivity contribution in [3.05, 3.63) is 17.0 Å². The molecule has 0 aromatic carbocycles. The van der Waals surface area contributed by atoms with Gasteiger partial charge in [-0.3, -0.25) is 4.79 Å². The standard InChI is InChI=1S/C12H17ClN4O7S3/c1-25(19,20)7-4-12(26(2,21)22,27(3,23)24)17(6-7)10-8(9(14)18)5-15-11(13)16-10/h5,7H,4,6H2,1-3H3,(H2,14,18). The Labute approximate surface area is 161 Å². The highest BCUT2D eigenvalue weighted by Crippen LogP contribution is 2.44. The molecule has 0 saturated carbocycles.